The molecule has 1 aromatic carbocycles. The van der Waals surface area contributed by atoms with Crippen molar-refractivity contribution in [1.82, 2.24) is 20.4 Å². The zero-order chi connectivity index (χ0) is 34.8. The Kier molecular flexibility index (Phi) is 17.5. The van der Waals surface area contributed by atoms with Crippen molar-refractivity contribution < 1.29 is 38.1 Å². The zero-order valence-electron chi connectivity index (χ0n) is 29.5. The van der Waals surface area contributed by atoms with E-state index in [0.29, 0.717) is 65.0 Å². The minimum Gasteiger partial charge on any atom is -0.460 e. The van der Waals surface area contributed by atoms with Gasteiger partial charge in [-0.2, -0.15) is 0 Å². The Morgan fingerprint density at radius 3 is 1.57 bits per heavy atom. The molecule has 0 aliphatic rings. The van der Waals surface area contributed by atoms with Crippen LogP contribution in [0.2, 0.25) is 0 Å². The largest absolute Gasteiger partial charge is 0.460 e. The maximum Gasteiger partial charge on any atom is 0.410 e. The molecule has 262 valence electrons. The van der Waals surface area contributed by atoms with Gasteiger partial charge in [0.05, 0.1) is 6.54 Å². The highest BCUT2D eigenvalue weighted by molar-refractivity contribution is 5.71. The average Bonchev–Trinajstić information content (AvgIpc) is 2.91. The average molecular weight is 651 g/mol. The Bertz CT molecular complexity index is 1060. The van der Waals surface area contributed by atoms with Crippen molar-refractivity contribution in [2.24, 2.45) is 0 Å². The Morgan fingerprint density at radius 2 is 1.09 bits per heavy atom. The first-order chi connectivity index (χ1) is 21.3. The molecule has 0 saturated heterocycles. The van der Waals surface area contributed by atoms with Crippen LogP contribution < -0.4 is 10.6 Å². The molecule has 0 aromatic heterocycles. The lowest BCUT2D eigenvalue weighted by atomic mass is 10.2. The second-order valence-electron chi connectivity index (χ2n) is 14.1. The lowest BCUT2D eigenvalue weighted by molar-refractivity contribution is -0.143. The smallest absolute Gasteiger partial charge is 0.410 e. The summed E-state index contributed by atoms with van der Waals surface area (Å²) in [5, 5.41) is 5.79. The van der Waals surface area contributed by atoms with E-state index >= 15 is 0 Å². The van der Waals surface area contributed by atoms with Crippen LogP contribution >= 0.6 is 0 Å². The van der Waals surface area contributed by atoms with Crippen molar-refractivity contribution in [2.75, 3.05) is 45.8 Å². The van der Waals surface area contributed by atoms with Crippen LogP contribution in [0.15, 0.2) is 30.3 Å². The van der Waals surface area contributed by atoms with Gasteiger partial charge in [-0.05, 0) is 100 Å². The van der Waals surface area contributed by atoms with E-state index in [4.69, 9.17) is 18.9 Å². The van der Waals surface area contributed by atoms with Crippen LogP contribution in [0, 0.1) is 0 Å². The molecule has 1 rings (SSSR count). The number of nitrogens with zero attached hydrogens (tertiary/aromatic N) is 2. The number of rotatable bonds is 17. The van der Waals surface area contributed by atoms with E-state index in [-0.39, 0.29) is 19.1 Å². The van der Waals surface area contributed by atoms with E-state index < -0.39 is 35.1 Å². The van der Waals surface area contributed by atoms with Gasteiger partial charge in [-0.25, -0.2) is 14.4 Å². The van der Waals surface area contributed by atoms with Gasteiger partial charge in [-0.1, -0.05) is 30.3 Å². The van der Waals surface area contributed by atoms with Gasteiger partial charge in [0.25, 0.3) is 0 Å². The molecule has 0 atom stereocenters. The molecule has 0 saturated carbocycles. The second-order valence-corrected chi connectivity index (χ2v) is 14.1. The molecule has 0 heterocycles. The third-order valence-electron chi connectivity index (χ3n) is 5.98. The summed E-state index contributed by atoms with van der Waals surface area (Å²) < 4.78 is 21.8. The summed E-state index contributed by atoms with van der Waals surface area (Å²) in [4.78, 5) is 53.1. The molecule has 3 amide bonds. The number of unbranched alkanes of at least 4 members (excludes halogenated alkanes) is 1. The maximum atomic E-state index is 12.9. The summed E-state index contributed by atoms with van der Waals surface area (Å²) in [6.07, 6.45) is 1.05. The van der Waals surface area contributed by atoms with Gasteiger partial charge in [0.15, 0.2) is 0 Å². The lowest BCUT2D eigenvalue weighted by Crippen LogP contribution is -2.40. The van der Waals surface area contributed by atoms with Crippen LogP contribution in [0.3, 0.4) is 0 Å². The van der Waals surface area contributed by atoms with E-state index in [1.54, 1.807) is 30.6 Å². The summed E-state index contributed by atoms with van der Waals surface area (Å²) in [6, 6.07) is 9.48. The molecule has 0 spiro atoms. The highest BCUT2D eigenvalue weighted by Crippen LogP contribution is 2.14. The molecule has 0 radical (unpaired) electrons. The lowest BCUT2D eigenvalue weighted by Gasteiger charge is -2.29. The molecule has 12 heteroatoms. The molecule has 2 N–H and O–H groups in total. The molecule has 0 aliphatic heterocycles. The Balaban J connectivity index is 2.58. The minimum atomic E-state index is -0.649. The number of benzene rings is 1. The fraction of sp³-hybridized carbons (Fsp3) is 0.706. The van der Waals surface area contributed by atoms with Crippen LogP contribution in [0.4, 0.5) is 14.4 Å². The third kappa shape index (κ3) is 21.2. The maximum absolute atomic E-state index is 12.9. The number of ether oxygens (including phenoxy) is 4. The van der Waals surface area contributed by atoms with Gasteiger partial charge in [0.2, 0.25) is 0 Å². The molecule has 0 aliphatic carbocycles. The van der Waals surface area contributed by atoms with Gasteiger partial charge < -0.3 is 39.4 Å². The fourth-order valence-electron chi connectivity index (χ4n) is 4.00. The van der Waals surface area contributed by atoms with Crippen molar-refractivity contribution in [3.05, 3.63) is 35.9 Å². The number of carbonyl (C=O) groups is 4. The predicted molar refractivity (Wildman–Crippen MR) is 177 cm³/mol. The highest BCUT2D eigenvalue weighted by atomic mass is 16.6. The summed E-state index contributed by atoms with van der Waals surface area (Å²) in [5.41, 5.74) is -0.956. The van der Waals surface area contributed by atoms with E-state index in [0.717, 1.165) is 5.56 Å². The third-order valence-corrected chi connectivity index (χ3v) is 5.98. The number of carbonyl (C=O) groups excluding carboxylic acids is 4. The van der Waals surface area contributed by atoms with Gasteiger partial charge >= 0.3 is 24.2 Å². The molecule has 1 aromatic rings. The van der Waals surface area contributed by atoms with E-state index in [1.807, 2.05) is 71.9 Å². The van der Waals surface area contributed by atoms with E-state index in [9.17, 15) is 19.2 Å². The number of esters is 1. The fourth-order valence-corrected chi connectivity index (χ4v) is 4.00. The zero-order valence-corrected chi connectivity index (χ0v) is 29.5. The number of amides is 3. The van der Waals surface area contributed by atoms with Crippen molar-refractivity contribution >= 4 is 24.2 Å². The summed E-state index contributed by atoms with van der Waals surface area (Å²) in [6.45, 7) is 19.2. The quantitative estimate of drug-likeness (QED) is 0.120. The van der Waals surface area contributed by atoms with Crippen molar-refractivity contribution in [2.45, 2.75) is 111 Å². The number of hydrogen-bond donors (Lipinski definition) is 2. The number of hydrogen-bond acceptors (Lipinski definition) is 9. The molecule has 12 nitrogen and oxygen atoms in total. The van der Waals surface area contributed by atoms with Gasteiger partial charge in [0.1, 0.15) is 23.4 Å². The Labute approximate surface area is 275 Å². The first kappa shape index (κ1) is 40.5. The Hall–Kier alpha value is -3.54. The van der Waals surface area contributed by atoms with Crippen LogP contribution in [0.5, 0.6) is 0 Å². The Morgan fingerprint density at radius 1 is 0.630 bits per heavy atom. The molecule has 0 fully saturated rings. The summed E-state index contributed by atoms with van der Waals surface area (Å²) in [7, 11) is 0. The monoisotopic (exact) mass is 650 g/mol. The van der Waals surface area contributed by atoms with Crippen molar-refractivity contribution in [1.29, 1.82) is 0 Å². The standard InChI is InChI=1S/C34H58N4O8/c1-32(2,3)44-29(40)36-20-16-24-38(31(42)46-34(7,8)9)22-14-13-21-37(30(41)45-33(4,5)6)23-15-19-35-25-28(39)43-26-27-17-11-10-12-18-27/h10-12,17-18,35H,13-16,19-26H2,1-9H3,(H,36,40). The first-order valence-corrected chi connectivity index (χ1v) is 16.2. The molecular weight excluding hydrogens is 592 g/mol. The molecule has 0 unspecified atom stereocenters. The first-order valence-electron chi connectivity index (χ1n) is 16.2. The van der Waals surface area contributed by atoms with Crippen LogP contribution in [-0.4, -0.2) is 96.7 Å². The van der Waals surface area contributed by atoms with Crippen molar-refractivity contribution in [3.8, 4) is 0 Å². The van der Waals surface area contributed by atoms with Crippen LogP contribution in [0.1, 0.15) is 93.6 Å². The van der Waals surface area contributed by atoms with Gasteiger partial charge in [0, 0.05) is 32.7 Å². The minimum absolute atomic E-state index is 0.0765. The van der Waals surface area contributed by atoms with Crippen LogP contribution in [-0.2, 0) is 30.3 Å². The molecule has 0 bridgehead atoms. The second kappa shape index (κ2) is 19.9. The van der Waals surface area contributed by atoms with E-state index in [2.05, 4.69) is 10.6 Å². The summed E-state index contributed by atoms with van der Waals surface area (Å²) >= 11 is 0. The summed E-state index contributed by atoms with van der Waals surface area (Å²) in [5.74, 6) is -0.344. The van der Waals surface area contributed by atoms with Gasteiger partial charge in [-0.3, -0.25) is 4.79 Å². The number of alkyl carbamates (subject to hydrolysis) is 1. The normalized spacial score (nSPS) is 11.8. The van der Waals surface area contributed by atoms with Crippen molar-refractivity contribution in [3.63, 3.8) is 0 Å². The molecular formula is C34H58N4O8. The topological polar surface area (TPSA) is 136 Å². The predicted octanol–water partition coefficient (Wildman–Crippen LogP) is 5.88. The number of nitrogens with one attached hydrogen (secondary N) is 2. The SMILES string of the molecule is CC(C)(C)OC(=O)NCCCN(CCCCN(CCCNCC(=O)OCc1ccccc1)C(=O)OC(C)(C)C)C(=O)OC(C)(C)C. The molecule has 46 heavy (non-hydrogen) atoms. The van der Waals surface area contributed by atoms with Crippen LogP contribution in [0.25, 0.3) is 0 Å². The van der Waals surface area contributed by atoms with Gasteiger partial charge in [-0.15, -0.1) is 0 Å². The highest BCUT2D eigenvalue weighted by Gasteiger charge is 2.24. The van der Waals surface area contributed by atoms with E-state index in [1.165, 1.54) is 0 Å².